The molecule has 1 aliphatic carbocycles. The fourth-order valence-corrected chi connectivity index (χ4v) is 2.76. The van der Waals surface area contributed by atoms with Gasteiger partial charge in [-0.05, 0) is 30.5 Å². The fourth-order valence-electron chi connectivity index (χ4n) is 2.76. The maximum atomic E-state index is 10.6. The van der Waals surface area contributed by atoms with Crippen molar-refractivity contribution in [1.29, 1.82) is 0 Å². The van der Waals surface area contributed by atoms with E-state index in [1.165, 1.54) is 18.4 Å². The molecular formula is C21H22F3N5O3. The predicted molar refractivity (Wildman–Crippen MR) is 110 cm³/mol. The number of hydrogen-bond donors (Lipinski definition) is 2. The quantitative estimate of drug-likeness (QED) is 0.586. The van der Waals surface area contributed by atoms with Gasteiger partial charge in [0.05, 0.1) is 7.11 Å². The first-order valence-corrected chi connectivity index (χ1v) is 9.71. The lowest BCUT2D eigenvalue weighted by molar-refractivity contribution is -0.192. The van der Waals surface area contributed by atoms with Crippen LogP contribution in [0.2, 0.25) is 0 Å². The van der Waals surface area contributed by atoms with Crippen molar-refractivity contribution in [2.45, 2.75) is 31.5 Å². The first-order valence-electron chi connectivity index (χ1n) is 9.71. The van der Waals surface area contributed by atoms with Gasteiger partial charge in [-0.1, -0.05) is 12.1 Å². The highest BCUT2D eigenvalue weighted by Crippen LogP contribution is 2.40. The van der Waals surface area contributed by atoms with Crippen molar-refractivity contribution in [3.05, 3.63) is 54.0 Å². The Balaban J connectivity index is 0.000000360. The van der Waals surface area contributed by atoms with Gasteiger partial charge in [-0.25, -0.2) is 19.7 Å². The van der Waals surface area contributed by atoms with E-state index in [4.69, 9.17) is 19.6 Å². The third kappa shape index (κ3) is 6.19. The molecule has 0 amide bonds. The largest absolute Gasteiger partial charge is 0.497 e. The number of carboxylic acid groups (broad SMARTS) is 1. The van der Waals surface area contributed by atoms with Crippen LogP contribution in [-0.2, 0) is 18.4 Å². The van der Waals surface area contributed by atoms with E-state index in [9.17, 15) is 13.2 Å². The van der Waals surface area contributed by atoms with Gasteiger partial charge < -0.3 is 19.7 Å². The number of imidazole rings is 1. The Morgan fingerprint density at radius 2 is 1.91 bits per heavy atom. The molecule has 0 saturated heterocycles. The lowest BCUT2D eigenvalue weighted by atomic mass is 10.2. The second-order valence-electron chi connectivity index (χ2n) is 7.14. The van der Waals surface area contributed by atoms with Crippen LogP contribution in [0.25, 0.3) is 11.6 Å². The summed E-state index contributed by atoms with van der Waals surface area (Å²) in [5.41, 5.74) is 2.27. The van der Waals surface area contributed by atoms with Crippen LogP contribution in [0.1, 0.15) is 30.0 Å². The number of aliphatic carboxylic acids is 1. The number of carboxylic acids is 1. The number of methoxy groups -OCH3 is 1. The average molecular weight is 449 g/mol. The smallest absolute Gasteiger partial charge is 0.490 e. The molecule has 1 aliphatic rings. The minimum Gasteiger partial charge on any atom is -0.497 e. The van der Waals surface area contributed by atoms with E-state index in [0.717, 1.165) is 23.1 Å². The van der Waals surface area contributed by atoms with Gasteiger partial charge in [0, 0.05) is 43.7 Å². The molecule has 4 rings (SSSR count). The molecule has 8 nitrogen and oxygen atoms in total. The molecule has 2 N–H and O–H groups in total. The summed E-state index contributed by atoms with van der Waals surface area (Å²) in [5.74, 6) is 0.963. The third-order valence-corrected chi connectivity index (χ3v) is 4.64. The molecule has 1 saturated carbocycles. The summed E-state index contributed by atoms with van der Waals surface area (Å²) in [5, 5.41) is 10.5. The molecule has 170 valence electrons. The Labute approximate surface area is 182 Å². The highest BCUT2D eigenvalue weighted by Gasteiger charge is 2.38. The maximum Gasteiger partial charge on any atom is 0.490 e. The van der Waals surface area contributed by atoms with E-state index in [0.29, 0.717) is 18.3 Å². The van der Waals surface area contributed by atoms with Crippen LogP contribution in [0.4, 0.5) is 19.0 Å². The second kappa shape index (κ2) is 9.67. The van der Waals surface area contributed by atoms with Crippen molar-refractivity contribution in [1.82, 2.24) is 19.5 Å². The van der Waals surface area contributed by atoms with Crippen molar-refractivity contribution >= 4 is 11.8 Å². The molecule has 32 heavy (non-hydrogen) atoms. The van der Waals surface area contributed by atoms with Gasteiger partial charge in [-0.15, -0.1) is 0 Å². The van der Waals surface area contributed by atoms with Gasteiger partial charge >= 0.3 is 12.1 Å². The van der Waals surface area contributed by atoms with Gasteiger partial charge in [0.1, 0.15) is 11.6 Å². The average Bonchev–Trinajstić information content (AvgIpc) is 3.53. The Morgan fingerprint density at radius 3 is 2.41 bits per heavy atom. The van der Waals surface area contributed by atoms with E-state index < -0.39 is 12.1 Å². The molecule has 0 aliphatic heterocycles. The molecule has 0 radical (unpaired) electrons. The molecule has 2 aromatic heterocycles. The summed E-state index contributed by atoms with van der Waals surface area (Å²) in [7, 11) is 3.63. The molecule has 0 unspecified atom stereocenters. The van der Waals surface area contributed by atoms with Crippen LogP contribution >= 0.6 is 0 Å². The highest BCUT2D eigenvalue weighted by atomic mass is 19.4. The summed E-state index contributed by atoms with van der Waals surface area (Å²) in [4.78, 5) is 22.7. The molecule has 0 spiro atoms. The SMILES string of the molecule is COc1ccc(CNc2cc(C3CC3)nc(-c3nccn3C)n2)cc1.O=C(O)C(F)(F)F. The topological polar surface area (TPSA) is 102 Å². The van der Waals surface area contributed by atoms with Crippen LogP contribution in [0.15, 0.2) is 42.7 Å². The number of hydrogen-bond acceptors (Lipinski definition) is 6. The van der Waals surface area contributed by atoms with Crippen molar-refractivity contribution in [2.24, 2.45) is 7.05 Å². The zero-order valence-electron chi connectivity index (χ0n) is 17.4. The van der Waals surface area contributed by atoms with Crippen LogP contribution in [0, 0.1) is 0 Å². The Bertz CT molecular complexity index is 1060. The van der Waals surface area contributed by atoms with Gasteiger partial charge in [-0.2, -0.15) is 13.2 Å². The normalized spacial score (nSPS) is 13.2. The van der Waals surface area contributed by atoms with E-state index >= 15 is 0 Å². The van der Waals surface area contributed by atoms with E-state index in [1.807, 2.05) is 29.9 Å². The lowest BCUT2D eigenvalue weighted by Crippen LogP contribution is -2.21. The Morgan fingerprint density at radius 1 is 1.25 bits per heavy atom. The van der Waals surface area contributed by atoms with Crippen molar-refractivity contribution in [3.8, 4) is 17.4 Å². The summed E-state index contributed by atoms with van der Waals surface area (Å²) >= 11 is 0. The molecule has 1 fully saturated rings. The summed E-state index contributed by atoms with van der Waals surface area (Å²) < 4.78 is 38.9. The maximum absolute atomic E-state index is 10.6. The zero-order chi connectivity index (χ0) is 23.3. The highest BCUT2D eigenvalue weighted by molar-refractivity contribution is 5.73. The molecule has 11 heteroatoms. The van der Waals surface area contributed by atoms with Crippen molar-refractivity contribution in [3.63, 3.8) is 0 Å². The van der Waals surface area contributed by atoms with Gasteiger partial charge in [0.25, 0.3) is 0 Å². The van der Waals surface area contributed by atoms with E-state index in [-0.39, 0.29) is 0 Å². The van der Waals surface area contributed by atoms with Gasteiger partial charge in [0.2, 0.25) is 0 Å². The second-order valence-corrected chi connectivity index (χ2v) is 7.14. The number of nitrogens with one attached hydrogen (secondary N) is 1. The number of carbonyl (C=O) groups is 1. The number of rotatable bonds is 6. The van der Waals surface area contributed by atoms with Crippen LogP contribution in [0.3, 0.4) is 0 Å². The van der Waals surface area contributed by atoms with Crippen molar-refractivity contribution < 1.29 is 27.8 Å². The number of aryl methyl sites for hydroxylation is 1. The summed E-state index contributed by atoms with van der Waals surface area (Å²) in [6.45, 7) is 0.700. The number of benzene rings is 1. The Hall–Kier alpha value is -3.63. The van der Waals surface area contributed by atoms with Gasteiger partial charge in [0.15, 0.2) is 11.6 Å². The first kappa shape index (κ1) is 23.0. The van der Waals surface area contributed by atoms with Gasteiger partial charge in [-0.3, -0.25) is 0 Å². The minimum absolute atomic E-state index is 0.559. The minimum atomic E-state index is -5.08. The number of halogens is 3. The monoisotopic (exact) mass is 449 g/mol. The zero-order valence-corrected chi connectivity index (χ0v) is 17.4. The Kier molecular flexibility index (Phi) is 6.96. The molecule has 2 heterocycles. The lowest BCUT2D eigenvalue weighted by Gasteiger charge is -2.10. The van der Waals surface area contributed by atoms with E-state index in [1.54, 1.807) is 13.3 Å². The standard InChI is InChI=1S/C19H21N5O.C2HF3O2/c1-24-10-9-20-19(24)18-22-16(14-5-6-14)11-17(23-18)21-12-13-3-7-15(25-2)8-4-13;3-2(4,5)1(6)7/h3-4,7-11,14H,5-6,12H2,1-2H3,(H,21,22,23);(H,6,7). The number of ether oxygens (including phenoxy) is 1. The predicted octanol–water partition coefficient (Wildman–Crippen LogP) is 4.01. The molecule has 1 aromatic carbocycles. The van der Waals surface area contributed by atoms with E-state index in [2.05, 4.69) is 33.5 Å². The number of anilines is 1. The number of alkyl halides is 3. The van der Waals surface area contributed by atoms with Crippen LogP contribution in [-0.4, -0.2) is 43.9 Å². The number of aromatic nitrogens is 4. The molecular weight excluding hydrogens is 427 g/mol. The molecule has 3 aromatic rings. The first-order chi connectivity index (χ1) is 15.2. The summed E-state index contributed by atoms with van der Waals surface area (Å²) in [6.07, 6.45) is 1.00. The molecule has 0 atom stereocenters. The van der Waals surface area contributed by atoms with Crippen molar-refractivity contribution in [2.75, 3.05) is 12.4 Å². The fraction of sp³-hybridized carbons (Fsp3) is 0.333. The summed E-state index contributed by atoms with van der Waals surface area (Å²) in [6, 6.07) is 10.1. The number of nitrogens with zero attached hydrogens (tertiary/aromatic N) is 4. The third-order valence-electron chi connectivity index (χ3n) is 4.64. The van der Waals surface area contributed by atoms with Crippen LogP contribution in [0.5, 0.6) is 5.75 Å². The molecule has 0 bridgehead atoms. The van der Waals surface area contributed by atoms with Crippen LogP contribution < -0.4 is 10.1 Å².